The van der Waals surface area contributed by atoms with Crippen LogP contribution in [-0.4, -0.2) is 83.0 Å². The Kier molecular flexibility index (Phi) is 6.50. The first-order valence-corrected chi connectivity index (χ1v) is 11.6. The Bertz CT molecular complexity index is 603. The summed E-state index contributed by atoms with van der Waals surface area (Å²) in [7, 11) is 0. The van der Waals surface area contributed by atoms with Gasteiger partial charge < -0.3 is 14.5 Å². The Balaban J connectivity index is 1.49. The lowest BCUT2D eigenvalue weighted by molar-refractivity contribution is -0.173. The number of carbonyl (C=O) groups excluding carboxylic acids is 2. The van der Waals surface area contributed by atoms with E-state index in [1.54, 1.807) is 4.90 Å². The summed E-state index contributed by atoms with van der Waals surface area (Å²) in [4.78, 5) is 29.7. The van der Waals surface area contributed by atoms with Gasteiger partial charge >= 0.3 is 0 Å². The van der Waals surface area contributed by atoms with Crippen molar-refractivity contribution in [1.29, 1.82) is 0 Å². The molecule has 1 saturated carbocycles. The third-order valence-electron chi connectivity index (χ3n) is 6.55. The molecule has 0 spiro atoms. The summed E-state index contributed by atoms with van der Waals surface area (Å²) in [5.74, 6) is 0.137. The number of ether oxygens (including phenoxy) is 1. The van der Waals surface area contributed by atoms with Crippen LogP contribution in [0.2, 0.25) is 0 Å². The van der Waals surface area contributed by atoms with E-state index in [0.717, 1.165) is 25.7 Å². The fourth-order valence-corrected chi connectivity index (χ4v) is 5.63. The maximum Gasteiger partial charge on any atom is 0.247 e. The summed E-state index contributed by atoms with van der Waals surface area (Å²) in [6.07, 6.45) is 2.27. The molecule has 4 fully saturated rings. The highest BCUT2D eigenvalue weighted by Crippen LogP contribution is 2.33. The van der Waals surface area contributed by atoms with Crippen LogP contribution in [-0.2, 0) is 14.3 Å². The Labute approximate surface area is 178 Å². The molecule has 0 aromatic carbocycles. The van der Waals surface area contributed by atoms with E-state index < -0.39 is 18.4 Å². The summed E-state index contributed by atoms with van der Waals surface area (Å²) >= 11 is 9.64. The quantitative estimate of drug-likeness (QED) is 0.624. The summed E-state index contributed by atoms with van der Waals surface area (Å²) in [5, 5.41) is 3.32. The number of hydrogen-bond acceptors (Lipinski definition) is 4. The van der Waals surface area contributed by atoms with Gasteiger partial charge in [-0.2, -0.15) is 0 Å². The fraction of sp³-hybridized carbons (Fsp3) is 0.895. The zero-order valence-electron chi connectivity index (χ0n) is 15.9. The van der Waals surface area contributed by atoms with Gasteiger partial charge in [-0.1, -0.05) is 15.9 Å². The molecule has 4 unspecified atom stereocenters. The van der Waals surface area contributed by atoms with Crippen molar-refractivity contribution in [1.82, 2.24) is 15.1 Å². The van der Waals surface area contributed by atoms with Gasteiger partial charge in [-0.15, -0.1) is 11.6 Å². The van der Waals surface area contributed by atoms with Crippen LogP contribution in [0.4, 0.5) is 4.39 Å². The number of alkyl halides is 3. The van der Waals surface area contributed by atoms with Crippen molar-refractivity contribution in [3.8, 4) is 0 Å². The maximum absolute atomic E-state index is 14.7. The van der Waals surface area contributed by atoms with Gasteiger partial charge in [0, 0.05) is 29.2 Å². The van der Waals surface area contributed by atoms with Crippen LogP contribution >= 0.6 is 27.5 Å². The highest BCUT2D eigenvalue weighted by molar-refractivity contribution is 9.09. The number of amides is 2. The van der Waals surface area contributed by atoms with Crippen molar-refractivity contribution >= 4 is 39.3 Å². The summed E-state index contributed by atoms with van der Waals surface area (Å²) in [6, 6.07) is -0.542. The third kappa shape index (κ3) is 4.20. The average Bonchev–Trinajstić information content (AvgIpc) is 2.61. The summed E-state index contributed by atoms with van der Waals surface area (Å²) in [6.45, 7) is 2.06. The minimum atomic E-state index is -1.20. The van der Waals surface area contributed by atoms with Gasteiger partial charge in [0.2, 0.25) is 11.8 Å². The molecule has 1 N–H and O–H groups in total. The van der Waals surface area contributed by atoms with Crippen molar-refractivity contribution < 1.29 is 18.7 Å². The van der Waals surface area contributed by atoms with E-state index in [1.807, 2.05) is 0 Å². The molecule has 6 nitrogen and oxygen atoms in total. The molecular weight excluding hydrogens is 453 g/mol. The first kappa shape index (κ1) is 20.8. The van der Waals surface area contributed by atoms with Crippen LogP contribution < -0.4 is 5.32 Å². The second-order valence-corrected chi connectivity index (χ2v) is 10.5. The Morgan fingerprint density at radius 1 is 1.21 bits per heavy atom. The Hall–Kier alpha value is -0.440. The molecule has 0 aromatic rings. The zero-order valence-corrected chi connectivity index (χ0v) is 18.2. The van der Waals surface area contributed by atoms with Gasteiger partial charge in [-0.25, -0.2) is 4.39 Å². The molecule has 9 heteroatoms. The molecule has 28 heavy (non-hydrogen) atoms. The molecule has 2 amide bonds. The average molecular weight is 481 g/mol. The highest BCUT2D eigenvalue weighted by atomic mass is 79.9. The lowest BCUT2D eigenvalue weighted by Crippen LogP contribution is -2.70. The largest absolute Gasteiger partial charge is 0.380 e. The number of piperidine rings is 1. The molecule has 4 rings (SSSR count). The first-order valence-electron chi connectivity index (χ1n) is 10.3. The molecule has 3 heterocycles. The molecular formula is C19H28BrClFN3O3. The number of nitrogens with one attached hydrogen (secondary N) is 1. The number of rotatable bonds is 4. The normalized spacial score (nSPS) is 40.5. The van der Waals surface area contributed by atoms with E-state index in [1.165, 1.54) is 4.90 Å². The lowest BCUT2D eigenvalue weighted by Gasteiger charge is -2.50. The SMILES string of the molecule is O=C1C(C2COC2)N(CC2CCC(Cl)CC2)C(=O)CN1C1NCC(Br)CC1F. The van der Waals surface area contributed by atoms with E-state index in [9.17, 15) is 14.0 Å². The van der Waals surface area contributed by atoms with Gasteiger partial charge in [0.25, 0.3) is 0 Å². The van der Waals surface area contributed by atoms with E-state index in [4.69, 9.17) is 16.3 Å². The molecule has 158 valence electrons. The van der Waals surface area contributed by atoms with Crippen molar-refractivity contribution in [3.05, 3.63) is 0 Å². The van der Waals surface area contributed by atoms with Gasteiger partial charge in [0.05, 0.1) is 13.2 Å². The van der Waals surface area contributed by atoms with Crippen LogP contribution in [0.1, 0.15) is 32.1 Å². The van der Waals surface area contributed by atoms with E-state index in [-0.39, 0.29) is 34.5 Å². The predicted molar refractivity (Wildman–Crippen MR) is 107 cm³/mol. The highest BCUT2D eigenvalue weighted by Gasteiger charge is 2.50. The second kappa shape index (κ2) is 8.74. The minimum Gasteiger partial charge on any atom is -0.380 e. The molecule has 0 aromatic heterocycles. The van der Waals surface area contributed by atoms with Crippen LogP contribution in [0.5, 0.6) is 0 Å². The van der Waals surface area contributed by atoms with E-state index in [2.05, 4.69) is 21.2 Å². The number of piperazine rings is 1. The second-order valence-electron chi connectivity index (χ2n) is 8.57. The fourth-order valence-electron chi connectivity index (χ4n) is 4.84. The maximum atomic E-state index is 14.7. The van der Waals surface area contributed by atoms with E-state index >= 15 is 0 Å². The van der Waals surface area contributed by atoms with Gasteiger partial charge in [0.15, 0.2) is 0 Å². The van der Waals surface area contributed by atoms with Crippen LogP contribution in [0.25, 0.3) is 0 Å². The van der Waals surface area contributed by atoms with Gasteiger partial charge in [-0.3, -0.25) is 14.9 Å². The zero-order chi connectivity index (χ0) is 19.8. The molecule has 3 aliphatic heterocycles. The Morgan fingerprint density at radius 2 is 1.93 bits per heavy atom. The monoisotopic (exact) mass is 479 g/mol. The number of halogens is 3. The number of carbonyl (C=O) groups is 2. The Morgan fingerprint density at radius 3 is 2.54 bits per heavy atom. The van der Waals surface area contributed by atoms with Gasteiger partial charge in [-0.05, 0) is 38.0 Å². The van der Waals surface area contributed by atoms with Crippen molar-refractivity contribution in [2.75, 3.05) is 32.8 Å². The minimum absolute atomic E-state index is 0.00538. The molecule has 4 aliphatic rings. The standard InChI is InChI=1S/C19H28BrClFN3O3/c20-13-5-15(22)18(23-6-13)25-8-16(26)24(7-11-1-3-14(21)4-2-11)17(19(25)27)12-9-28-10-12/h11-15,17-18,23H,1-10H2. The smallest absolute Gasteiger partial charge is 0.247 e. The molecule has 4 atom stereocenters. The number of nitrogens with zero attached hydrogens (tertiary/aromatic N) is 2. The third-order valence-corrected chi connectivity index (χ3v) is 7.68. The first-order chi connectivity index (χ1) is 13.4. The summed E-state index contributed by atoms with van der Waals surface area (Å²) in [5.41, 5.74) is 0. The predicted octanol–water partition coefficient (Wildman–Crippen LogP) is 1.89. The van der Waals surface area contributed by atoms with Gasteiger partial charge in [0.1, 0.15) is 24.9 Å². The van der Waals surface area contributed by atoms with Crippen molar-refractivity contribution in [2.45, 2.75) is 60.7 Å². The van der Waals surface area contributed by atoms with Crippen LogP contribution in [0.15, 0.2) is 0 Å². The van der Waals surface area contributed by atoms with E-state index in [0.29, 0.717) is 38.6 Å². The van der Waals surface area contributed by atoms with Crippen LogP contribution in [0, 0.1) is 11.8 Å². The number of hydrogen-bond donors (Lipinski definition) is 1. The van der Waals surface area contributed by atoms with Crippen molar-refractivity contribution in [3.63, 3.8) is 0 Å². The molecule has 3 saturated heterocycles. The molecule has 0 bridgehead atoms. The molecule has 1 aliphatic carbocycles. The van der Waals surface area contributed by atoms with Crippen LogP contribution in [0.3, 0.4) is 0 Å². The van der Waals surface area contributed by atoms with Crippen molar-refractivity contribution in [2.24, 2.45) is 11.8 Å². The lowest BCUT2D eigenvalue weighted by atomic mass is 9.86. The summed E-state index contributed by atoms with van der Waals surface area (Å²) < 4.78 is 20.0. The topological polar surface area (TPSA) is 61.9 Å². The molecule has 0 radical (unpaired) electrons.